The van der Waals surface area contributed by atoms with Gasteiger partial charge in [0.05, 0.1) is 18.8 Å². The Morgan fingerprint density at radius 2 is 2.25 bits per heavy atom. The predicted octanol–water partition coefficient (Wildman–Crippen LogP) is -1.03. The number of carbonyl (C=O) groups is 1. The number of rotatable bonds is 5. The van der Waals surface area contributed by atoms with Crippen molar-refractivity contribution in [3.8, 4) is 0 Å². The van der Waals surface area contributed by atoms with Crippen LogP contribution in [0.3, 0.4) is 0 Å². The number of aromatic nitrogens is 3. The zero-order valence-corrected chi connectivity index (χ0v) is 11.7. The van der Waals surface area contributed by atoms with Gasteiger partial charge in [0.25, 0.3) is 5.91 Å². The van der Waals surface area contributed by atoms with E-state index in [2.05, 4.69) is 15.2 Å². The quantitative estimate of drug-likeness (QED) is 0.362. The summed E-state index contributed by atoms with van der Waals surface area (Å²) in [4.78, 5) is 13.6. The number of piperidine rings is 1. The first-order chi connectivity index (χ1) is 9.60. The van der Waals surface area contributed by atoms with Gasteiger partial charge in [-0.1, -0.05) is 5.21 Å². The minimum absolute atomic E-state index is 0.218. The van der Waals surface area contributed by atoms with Crippen molar-refractivity contribution in [3.63, 3.8) is 0 Å². The number of hydrazine groups is 1. The molecule has 8 nitrogen and oxygen atoms in total. The van der Waals surface area contributed by atoms with Gasteiger partial charge in [-0.3, -0.25) is 14.9 Å². The zero-order valence-electron chi connectivity index (χ0n) is 11.7. The third kappa shape index (κ3) is 3.75. The maximum absolute atomic E-state index is 11.2. The molecule has 1 unspecified atom stereocenters. The van der Waals surface area contributed by atoms with Gasteiger partial charge in [-0.05, 0) is 38.8 Å². The number of nitrogens with zero attached hydrogens (tertiary/aromatic N) is 4. The maximum atomic E-state index is 11.2. The molecule has 0 aromatic carbocycles. The van der Waals surface area contributed by atoms with E-state index >= 15 is 0 Å². The highest BCUT2D eigenvalue weighted by molar-refractivity contribution is 5.91. The number of aliphatic hydroxyl groups is 1. The van der Waals surface area contributed by atoms with Gasteiger partial charge in [0.1, 0.15) is 0 Å². The molecular weight excluding hydrogens is 260 g/mol. The Morgan fingerprint density at radius 1 is 1.55 bits per heavy atom. The maximum Gasteiger partial charge on any atom is 0.287 e. The molecule has 112 valence electrons. The molecule has 0 saturated carbocycles. The second kappa shape index (κ2) is 6.78. The van der Waals surface area contributed by atoms with Crippen molar-refractivity contribution >= 4 is 5.91 Å². The lowest BCUT2D eigenvalue weighted by Crippen LogP contribution is -2.38. The average Bonchev–Trinajstić information content (AvgIpc) is 2.93. The number of hydrogen-bond donors (Lipinski definition) is 3. The standard InChI is InChI=1S/C12H22N6O2/c1-9(19)10-2-4-17(5-3-10)6-7-18-8-11(15-16-18)12(20)14-13/h8-10,19H,2-7,13H2,1H3,(H,14,20). The van der Waals surface area contributed by atoms with E-state index in [0.29, 0.717) is 12.5 Å². The van der Waals surface area contributed by atoms with Crippen molar-refractivity contribution in [2.75, 3.05) is 19.6 Å². The topological polar surface area (TPSA) is 109 Å². The highest BCUT2D eigenvalue weighted by atomic mass is 16.3. The summed E-state index contributed by atoms with van der Waals surface area (Å²) in [6, 6.07) is 0. The van der Waals surface area contributed by atoms with E-state index in [1.807, 2.05) is 12.3 Å². The van der Waals surface area contributed by atoms with Crippen LogP contribution in [-0.4, -0.2) is 56.6 Å². The minimum Gasteiger partial charge on any atom is -0.393 e. The largest absolute Gasteiger partial charge is 0.393 e. The number of nitrogens with one attached hydrogen (secondary N) is 1. The third-order valence-electron chi connectivity index (χ3n) is 3.86. The van der Waals surface area contributed by atoms with E-state index in [4.69, 9.17) is 5.84 Å². The number of aliphatic hydroxyl groups excluding tert-OH is 1. The van der Waals surface area contributed by atoms with Crippen LogP contribution in [-0.2, 0) is 6.54 Å². The molecule has 2 rings (SSSR count). The Hall–Kier alpha value is -1.51. The Kier molecular flexibility index (Phi) is 5.05. The van der Waals surface area contributed by atoms with Crippen LogP contribution in [0.1, 0.15) is 30.3 Å². The molecule has 1 aliphatic heterocycles. The molecule has 1 saturated heterocycles. The van der Waals surface area contributed by atoms with Crippen molar-refractivity contribution in [1.82, 2.24) is 25.3 Å². The molecule has 2 heterocycles. The SMILES string of the molecule is CC(O)C1CCN(CCn2cc(C(=O)NN)nn2)CC1. The molecule has 1 aromatic rings. The molecule has 1 amide bonds. The first kappa shape index (κ1) is 14.9. The Morgan fingerprint density at radius 3 is 2.85 bits per heavy atom. The van der Waals surface area contributed by atoms with Crippen LogP contribution >= 0.6 is 0 Å². The monoisotopic (exact) mass is 282 g/mol. The normalized spacial score (nSPS) is 18.9. The van der Waals surface area contributed by atoms with E-state index in [1.54, 1.807) is 10.9 Å². The van der Waals surface area contributed by atoms with Crippen molar-refractivity contribution < 1.29 is 9.90 Å². The fourth-order valence-corrected chi connectivity index (χ4v) is 2.49. The summed E-state index contributed by atoms with van der Waals surface area (Å²) in [7, 11) is 0. The number of nitrogens with two attached hydrogens (primary N) is 1. The number of amides is 1. The molecular formula is C12H22N6O2. The summed E-state index contributed by atoms with van der Waals surface area (Å²) < 4.78 is 1.64. The lowest BCUT2D eigenvalue weighted by atomic mass is 9.92. The molecule has 0 bridgehead atoms. The molecule has 4 N–H and O–H groups in total. The Bertz CT molecular complexity index is 439. The summed E-state index contributed by atoms with van der Waals surface area (Å²) in [6.45, 7) is 5.38. The average molecular weight is 282 g/mol. The number of likely N-dealkylation sites (tertiary alicyclic amines) is 1. The van der Waals surface area contributed by atoms with Crippen molar-refractivity contribution in [1.29, 1.82) is 0 Å². The van der Waals surface area contributed by atoms with Gasteiger partial charge in [-0.2, -0.15) is 0 Å². The highest BCUT2D eigenvalue weighted by Gasteiger charge is 2.22. The van der Waals surface area contributed by atoms with Gasteiger partial charge < -0.3 is 10.0 Å². The number of nitrogen functional groups attached to an aromatic ring is 1. The fraction of sp³-hybridized carbons (Fsp3) is 0.750. The fourth-order valence-electron chi connectivity index (χ4n) is 2.49. The molecule has 0 radical (unpaired) electrons. The summed E-state index contributed by atoms with van der Waals surface area (Å²) in [5.74, 6) is 5.01. The van der Waals surface area contributed by atoms with Gasteiger partial charge in [0, 0.05) is 6.54 Å². The Balaban J connectivity index is 1.76. The zero-order chi connectivity index (χ0) is 14.5. The molecule has 0 aliphatic carbocycles. The minimum atomic E-state index is -0.436. The number of carbonyl (C=O) groups excluding carboxylic acids is 1. The number of hydrogen-bond acceptors (Lipinski definition) is 6. The molecule has 8 heteroatoms. The second-order valence-electron chi connectivity index (χ2n) is 5.26. The lowest BCUT2D eigenvalue weighted by Gasteiger charge is -2.33. The van der Waals surface area contributed by atoms with Crippen LogP contribution in [0.4, 0.5) is 0 Å². The van der Waals surface area contributed by atoms with Crippen LogP contribution in [0.15, 0.2) is 6.20 Å². The highest BCUT2D eigenvalue weighted by Crippen LogP contribution is 2.20. The van der Waals surface area contributed by atoms with E-state index < -0.39 is 5.91 Å². The predicted molar refractivity (Wildman–Crippen MR) is 72.5 cm³/mol. The molecule has 0 spiro atoms. The summed E-state index contributed by atoms with van der Waals surface area (Å²) in [5, 5.41) is 17.2. The molecule has 1 fully saturated rings. The van der Waals surface area contributed by atoms with Crippen molar-refractivity contribution in [3.05, 3.63) is 11.9 Å². The van der Waals surface area contributed by atoms with Crippen LogP contribution < -0.4 is 11.3 Å². The molecule has 1 aliphatic rings. The van der Waals surface area contributed by atoms with Gasteiger partial charge in [-0.25, -0.2) is 5.84 Å². The van der Waals surface area contributed by atoms with E-state index in [0.717, 1.165) is 32.5 Å². The van der Waals surface area contributed by atoms with Gasteiger partial charge in [-0.15, -0.1) is 5.10 Å². The summed E-state index contributed by atoms with van der Waals surface area (Å²) in [5.41, 5.74) is 2.25. The smallest absolute Gasteiger partial charge is 0.287 e. The van der Waals surface area contributed by atoms with E-state index in [1.165, 1.54) is 0 Å². The van der Waals surface area contributed by atoms with Crippen LogP contribution in [0, 0.1) is 5.92 Å². The lowest BCUT2D eigenvalue weighted by molar-refractivity contribution is 0.0704. The molecule has 1 aromatic heterocycles. The molecule has 20 heavy (non-hydrogen) atoms. The van der Waals surface area contributed by atoms with Gasteiger partial charge in [0.15, 0.2) is 5.69 Å². The first-order valence-corrected chi connectivity index (χ1v) is 6.91. The first-order valence-electron chi connectivity index (χ1n) is 6.91. The third-order valence-corrected chi connectivity index (χ3v) is 3.86. The van der Waals surface area contributed by atoms with Crippen LogP contribution in [0.5, 0.6) is 0 Å². The second-order valence-corrected chi connectivity index (χ2v) is 5.26. The van der Waals surface area contributed by atoms with E-state index in [-0.39, 0.29) is 11.8 Å². The summed E-state index contributed by atoms with van der Waals surface area (Å²) >= 11 is 0. The van der Waals surface area contributed by atoms with Crippen molar-refractivity contribution in [2.24, 2.45) is 11.8 Å². The van der Waals surface area contributed by atoms with E-state index in [9.17, 15) is 9.90 Å². The molecule has 1 atom stereocenters. The van der Waals surface area contributed by atoms with Crippen LogP contribution in [0.25, 0.3) is 0 Å². The summed E-state index contributed by atoms with van der Waals surface area (Å²) in [6.07, 6.45) is 3.42. The van der Waals surface area contributed by atoms with Crippen molar-refractivity contribution in [2.45, 2.75) is 32.4 Å². The Labute approximate surface area is 117 Å². The van der Waals surface area contributed by atoms with Gasteiger partial charge in [0.2, 0.25) is 0 Å². The van der Waals surface area contributed by atoms with Gasteiger partial charge >= 0.3 is 0 Å². The van der Waals surface area contributed by atoms with Crippen LogP contribution in [0.2, 0.25) is 0 Å².